The molecule has 0 bridgehead atoms. The molecule has 3 N–H and O–H groups in total. The van der Waals surface area contributed by atoms with Crippen LogP contribution in [-0.4, -0.2) is 30.0 Å². The molecule has 8 heteroatoms. The summed E-state index contributed by atoms with van der Waals surface area (Å²) in [5.74, 6) is 0.565. The Morgan fingerprint density at radius 2 is 2.33 bits per heavy atom. The number of rotatable bonds is 5. The fourth-order valence-electron chi connectivity index (χ4n) is 1.53. The highest BCUT2D eigenvalue weighted by Gasteiger charge is 2.26. The van der Waals surface area contributed by atoms with Crippen molar-refractivity contribution in [2.24, 2.45) is 5.73 Å². The summed E-state index contributed by atoms with van der Waals surface area (Å²) < 4.78 is 30.8. The number of hydrogen-bond acceptors (Lipinski definition) is 5. The quantitative estimate of drug-likeness (QED) is 0.812. The van der Waals surface area contributed by atoms with Crippen LogP contribution >= 0.6 is 0 Å². The third kappa shape index (κ3) is 2.30. The summed E-state index contributed by atoms with van der Waals surface area (Å²) in [6, 6.07) is 3.42. The minimum atomic E-state index is -3.64. The first-order valence-corrected chi connectivity index (χ1v) is 6.70. The Labute approximate surface area is 105 Å². The summed E-state index contributed by atoms with van der Waals surface area (Å²) in [4.78, 5) is 0. The SMILES string of the molecule is CN(Cc1ccco1)S(=O)(=O)c1[nH]ncc1CN. The van der Waals surface area contributed by atoms with E-state index in [0.29, 0.717) is 11.3 Å². The van der Waals surface area contributed by atoms with E-state index in [0.717, 1.165) is 0 Å². The maximum absolute atomic E-state index is 12.3. The van der Waals surface area contributed by atoms with Gasteiger partial charge in [-0.2, -0.15) is 9.40 Å². The lowest BCUT2D eigenvalue weighted by Crippen LogP contribution is -2.27. The van der Waals surface area contributed by atoms with Crippen molar-refractivity contribution in [1.29, 1.82) is 0 Å². The fraction of sp³-hybridized carbons (Fsp3) is 0.300. The molecule has 2 aromatic heterocycles. The summed E-state index contributed by atoms with van der Waals surface area (Å²) in [5, 5.41) is 6.20. The molecule has 0 aliphatic rings. The van der Waals surface area contributed by atoms with E-state index in [1.54, 1.807) is 12.1 Å². The number of aromatic nitrogens is 2. The maximum Gasteiger partial charge on any atom is 0.260 e. The molecule has 7 nitrogen and oxygen atoms in total. The zero-order valence-corrected chi connectivity index (χ0v) is 10.6. The van der Waals surface area contributed by atoms with Crippen molar-refractivity contribution < 1.29 is 12.8 Å². The van der Waals surface area contributed by atoms with E-state index < -0.39 is 10.0 Å². The van der Waals surface area contributed by atoms with Gasteiger partial charge in [0.25, 0.3) is 10.0 Å². The van der Waals surface area contributed by atoms with Gasteiger partial charge in [-0.3, -0.25) is 5.10 Å². The van der Waals surface area contributed by atoms with Gasteiger partial charge in [-0.25, -0.2) is 8.42 Å². The molecule has 0 atom stereocenters. The maximum atomic E-state index is 12.3. The number of hydrogen-bond donors (Lipinski definition) is 2. The molecule has 98 valence electrons. The van der Waals surface area contributed by atoms with Gasteiger partial charge in [-0.15, -0.1) is 0 Å². The van der Waals surface area contributed by atoms with Crippen LogP contribution in [0.3, 0.4) is 0 Å². The summed E-state index contributed by atoms with van der Waals surface area (Å²) >= 11 is 0. The molecule has 0 unspecified atom stereocenters. The van der Waals surface area contributed by atoms with Crippen LogP contribution in [0.25, 0.3) is 0 Å². The smallest absolute Gasteiger partial charge is 0.260 e. The van der Waals surface area contributed by atoms with Gasteiger partial charge in [-0.05, 0) is 12.1 Å². The van der Waals surface area contributed by atoms with Crippen LogP contribution in [-0.2, 0) is 23.1 Å². The Kier molecular flexibility index (Phi) is 3.50. The topological polar surface area (TPSA) is 105 Å². The van der Waals surface area contributed by atoms with Gasteiger partial charge in [0, 0.05) is 19.2 Å². The Hall–Kier alpha value is -1.64. The fourth-order valence-corrected chi connectivity index (χ4v) is 2.78. The molecule has 0 amide bonds. The van der Waals surface area contributed by atoms with Crippen LogP contribution in [0.5, 0.6) is 0 Å². The largest absolute Gasteiger partial charge is 0.468 e. The molecular formula is C10H14N4O3S. The highest BCUT2D eigenvalue weighted by molar-refractivity contribution is 7.89. The number of nitrogens with two attached hydrogens (primary N) is 1. The Bertz CT molecular complexity index is 603. The van der Waals surface area contributed by atoms with Gasteiger partial charge in [-0.1, -0.05) is 0 Å². The first-order valence-electron chi connectivity index (χ1n) is 5.26. The Balaban J connectivity index is 2.26. The van der Waals surface area contributed by atoms with E-state index in [1.165, 1.54) is 23.8 Å². The van der Waals surface area contributed by atoms with Gasteiger partial charge in [0.15, 0.2) is 5.03 Å². The molecule has 0 saturated heterocycles. The van der Waals surface area contributed by atoms with E-state index in [4.69, 9.17) is 10.2 Å². The average molecular weight is 270 g/mol. The summed E-state index contributed by atoms with van der Waals surface area (Å²) in [6.45, 7) is 0.262. The molecule has 0 fully saturated rings. The highest BCUT2D eigenvalue weighted by Crippen LogP contribution is 2.18. The molecule has 2 rings (SSSR count). The van der Waals surface area contributed by atoms with Crippen LogP contribution in [0.4, 0.5) is 0 Å². The molecule has 0 aromatic carbocycles. The van der Waals surface area contributed by atoms with Gasteiger partial charge >= 0.3 is 0 Å². The number of H-pyrrole nitrogens is 1. The minimum absolute atomic E-state index is 0.0269. The molecule has 2 heterocycles. The molecular weight excluding hydrogens is 256 g/mol. The van der Waals surface area contributed by atoms with Crippen LogP contribution in [0, 0.1) is 0 Å². The Morgan fingerprint density at radius 3 is 2.94 bits per heavy atom. The Morgan fingerprint density at radius 1 is 1.56 bits per heavy atom. The molecule has 0 saturated carbocycles. The minimum Gasteiger partial charge on any atom is -0.468 e. The number of aromatic amines is 1. The number of nitrogens with zero attached hydrogens (tertiary/aromatic N) is 2. The second-order valence-corrected chi connectivity index (χ2v) is 5.75. The zero-order valence-electron chi connectivity index (χ0n) is 9.83. The lowest BCUT2D eigenvalue weighted by Gasteiger charge is -2.15. The van der Waals surface area contributed by atoms with Gasteiger partial charge in [0.1, 0.15) is 5.76 Å². The lowest BCUT2D eigenvalue weighted by atomic mass is 10.4. The standard InChI is InChI=1S/C10H14N4O3S/c1-14(7-9-3-2-4-17-9)18(15,16)10-8(5-11)6-12-13-10/h2-4,6H,5,7,11H2,1H3,(H,12,13). The van der Waals surface area contributed by atoms with E-state index in [2.05, 4.69) is 10.2 Å². The van der Waals surface area contributed by atoms with Crippen LogP contribution in [0.1, 0.15) is 11.3 Å². The van der Waals surface area contributed by atoms with Crippen molar-refractivity contribution in [3.63, 3.8) is 0 Å². The van der Waals surface area contributed by atoms with Gasteiger partial charge in [0.2, 0.25) is 0 Å². The summed E-state index contributed by atoms with van der Waals surface area (Å²) in [7, 11) is -2.17. The highest BCUT2D eigenvalue weighted by atomic mass is 32.2. The third-order valence-corrected chi connectivity index (χ3v) is 4.34. The van der Waals surface area contributed by atoms with Crippen LogP contribution in [0.15, 0.2) is 34.0 Å². The molecule has 2 aromatic rings. The first kappa shape index (κ1) is 12.8. The van der Waals surface area contributed by atoms with E-state index in [-0.39, 0.29) is 18.1 Å². The average Bonchev–Trinajstić information content (AvgIpc) is 2.98. The predicted octanol–water partition coefficient (Wildman–Crippen LogP) is 0.282. The molecule has 0 aliphatic heterocycles. The van der Waals surface area contributed by atoms with E-state index in [1.807, 2.05) is 0 Å². The van der Waals surface area contributed by atoms with Crippen molar-refractivity contribution in [2.45, 2.75) is 18.1 Å². The first-order chi connectivity index (χ1) is 8.55. The van der Waals surface area contributed by atoms with Crippen LogP contribution in [0.2, 0.25) is 0 Å². The van der Waals surface area contributed by atoms with Crippen molar-refractivity contribution in [2.75, 3.05) is 7.05 Å². The molecule has 0 radical (unpaired) electrons. The van der Waals surface area contributed by atoms with Crippen molar-refractivity contribution >= 4 is 10.0 Å². The molecule has 0 aliphatic carbocycles. The second kappa shape index (κ2) is 4.92. The van der Waals surface area contributed by atoms with Gasteiger partial charge in [0.05, 0.1) is 19.0 Å². The lowest BCUT2D eigenvalue weighted by molar-refractivity contribution is 0.404. The van der Waals surface area contributed by atoms with E-state index in [9.17, 15) is 8.42 Å². The van der Waals surface area contributed by atoms with Crippen LogP contribution < -0.4 is 5.73 Å². The monoisotopic (exact) mass is 270 g/mol. The van der Waals surface area contributed by atoms with Gasteiger partial charge < -0.3 is 10.2 Å². The summed E-state index contributed by atoms with van der Waals surface area (Å²) in [6.07, 6.45) is 2.91. The van der Waals surface area contributed by atoms with Crippen molar-refractivity contribution in [1.82, 2.24) is 14.5 Å². The van der Waals surface area contributed by atoms with Crippen molar-refractivity contribution in [3.05, 3.63) is 35.9 Å². The predicted molar refractivity (Wildman–Crippen MR) is 63.8 cm³/mol. The third-order valence-electron chi connectivity index (χ3n) is 2.52. The summed E-state index contributed by atoms with van der Waals surface area (Å²) in [5.41, 5.74) is 5.93. The normalized spacial score (nSPS) is 12.2. The van der Waals surface area contributed by atoms with Crippen molar-refractivity contribution in [3.8, 4) is 0 Å². The number of nitrogens with one attached hydrogen (secondary N) is 1. The zero-order chi connectivity index (χ0) is 13.2. The number of sulfonamides is 1. The number of furan rings is 1. The van der Waals surface area contributed by atoms with E-state index >= 15 is 0 Å². The molecule has 0 spiro atoms. The second-order valence-electron chi connectivity index (χ2n) is 3.77. The molecule has 18 heavy (non-hydrogen) atoms.